The highest BCUT2D eigenvalue weighted by Gasteiger charge is 2.15. The molecule has 6 heteroatoms. The molecule has 0 radical (unpaired) electrons. The van der Waals surface area contributed by atoms with Gasteiger partial charge in [-0.05, 0) is 32.0 Å². The van der Waals surface area contributed by atoms with Crippen LogP contribution in [0.5, 0.6) is 5.75 Å². The van der Waals surface area contributed by atoms with Crippen LogP contribution in [0.1, 0.15) is 21.7 Å². The lowest BCUT2D eigenvalue weighted by Crippen LogP contribution is -2.13. The summed E-state index contributed by atoms with van der Waals surface area (Å²) in [7, 11) is 0. The zero-order valence-corrected chi connectivity index (χ0v) is 10.7. The summed E-state index contributed by atoms with van der Waals surface area (Å²) in [4.78, 5) is 12.0. The SMILES string of the molecule is Cc1n[nH]c(C)c1C(=O)Nc1ccc(O)c(Cl)c1. The average Bonchev–Trinajstić information content (AvgIpc) is 2.64. The molecule has 0 saturated carbocycles. The van der Waals surface area contributed by atoms with Gasteiger partial charge in [0.1, 0.15) is 5.75 Å². The second-order valence-electron chi connectivity index (χ2n) is 3.93. The number of benzene rings is 1. The molecule has 0 atom stereocenters. The van der Waals surface area contributed by atoms with E-state index in [1.807, 2.05) is 0 Å². The first-order chi connectivity index (χ1) is 8.49. The average molecular weight is 266 g/mol. The maximum absolute atomic E-state index is 12.0. The summed E-state index contributed by atoms with van der Waals surface area (Å²) in [5.74, 6) is -0.286. The molecule has 5 nitrogen and oxygen atoms in total. The van der Waals surface area contributed by atoms with Gasteiger partial charge in [-0.15, -0.1) is 0 Å². The van der Waals surface area contributed by atoms with Crippen LogP contribution in [0.2, 0.25) is 5.02 Å². The van der Waals surface area contributed by atoms with Crippen LogP contribution in [0.25, 0.3) is 0 Å². The number of amides is 1. The Kier molecular flexibility index (Phi) is 3.25. The largest absolute Gasteiger partial charge is 0.506 e. The Morgan fingerprint density at radius 3 is 2.72 bits per heavy atom. The standard InChI is InChI=1S/C12H12ClN3O2/c1-6-11(7(2)16-15-6)12(18)14-8-3-4-10(17)9(13)5-8/h3-5,17H,1-2H3,(H,14,18)(H,15,16). The van der Waals surface area contributed by atoms with Crippen molar-refractivity contribution in [2.75, 3.05) is 5.32 Å². The van der Waals surface area contributed by atoms with E-state index in [0.29, 0.717) is 22.6 Å². The third-order valence-electron chi connectivity index (χ3n) is 2.56. The van der Waals surface area contributed by atoms with Crippen LogP contribution in [0.15, 0.2) is 18.2 Å². The number of rotatable bonds is 2. The third kappa shape index (κ3) is 2.31. The van der Waals surface area contributed by atoms with Gasteiger partial charge < -0.3 is 10.4 Å². The number of hydrogen-bond donors (Lipinski definition) is 3. The predicted molar refractivity (Wildman–Crippen MR) is 69.1 cm³/mol. The van der Waals surface area contributed by atoms with Crippen LogP contribution in [0, 0.1) is 13.8 Å². The number of halogens is 1. The maximum Gasteiger partial charge on any atom is 0.259 e. The van der Waals surface area contributed by atoms with Crippen molar-refractivity contribution in [3.63, 3.8) is 0 Å². The monoisotopic (exact) mass is 265 g/mol. The highest BCUT2D eigenvalue weighted by molar-refractivity contribution is 6.32. The highest BCUT2D eigenvalue weighted by Crippen LogP contribution is 2.26. The minimum atomic E-state index is -0.263. The number of phenols is 1. The van der Waals surface area contributed by atoms with Gasteiger partial charge in [0, 0.05) is 11.4 Å². The smallest absolute Gasteiger partial charge is 0.259 e. The number of aromatic amines is 1. The number of nitrogens with zero attached hydrogens (tertiary/aromatic N) is 1. The fourth-order valence-electron chi connectivity index (χ4n) is 1.66. The van der Waals surface area contributed by atoms with Crippen LogP contribution in [0.4, 0.5) is 5.69 Å². The van der Waals surface area contributed by atoms with Crippen LogP contribution in [-0.2, 0) is 0 Å². The van der Waals surface area contributed by atoms with Crippen molar-refractivity contribution in [2.24, 2.45) is 0 Å². The van der Waals surface area contributed by atoms with E-state index in [0.717, 1.165) is 0 Å². The third-order valence-corrected chi connectivity index (χ3v) is 2.86. The molecule has 0 aliphatic rings. The van der Waals surface area contributed by atoms with Crippen molar-refractivity contribution in [1.29, 1.82) is 0 Å². The minimum Gasteiger partial charge on any atom is -0.506 e. The van der Waals surface area contributed by atoms with E-state index < -0.39 is 0 Å². The lowest BCUT2D eigenvalue weighted by Gasteiger charge is -2.06. The summed E-state index contributed by atoms with van der Waals surface area (Å²) in [6, 6.07) is 4.48. The number of aromatic hydroxyl groups is 1. The molecule has 1 heterocycles. The molecule has 3 N–H and O–H groups in total. The molecule has 0 bridgehead atoms. The van der Waals surface area contributed by atoms with Gasteiger partial charge in [-0.1, -0.05) is 11.6 Å². The fraction of sp³-hybridized carbons (Fsp3) is 0.167. The zero-order valence-electron chi connectivity index (χ0n) is 9.91. The molecule has 0 fully saturated rings. The van der Waals surface area contributed by atoms with Crippen molar-refractivity contribution in [2.45, 2.75) is 13.8 Å². The Balaban J connectivity index is 2.24. The number of carbonyl (C=O) groups excluding carboxylic acids is 1. The van der Waals surface area contributed by atoms with Crippen molar-refractivity contribution in [1.82, 2.24) is 10.2 Å². The van der Waals surface area contributed by atoms with Gasteiger partial charge in [0.15, 0.2) is 0 Å². The molecule has 1 amide bonds. The number of H-pyrrole nitrogens is 1. The lowest BCUT2D eigenvalue weighted by atomic mass is 10.2. The van der Waals surface area contributed by atoms with Gasteiger partial charge in [0.25, 0.3) is 5.91 Å². The number of hydrogen-bond acceptors (Lipinski definition) is 3. The molecular formula is C12H12ClN3O2. The predicted octanol–water partition coefficient (Wildman–Crippen LogP) is 2.64. The van der Waals surface area contributed by atoms with E-state index in [-0.39, 0.29) is 16.7 Å². The van der Waals surface area contributed by atoms with Crippen LogP contribution in [-0.4, -0.2) is 21.2 Å². The van der Waals surface area contributed by atoms with Gasteiger partial charge >= 0.3 is 0 Å². The summed E-state index contributed by atoms with van der Waals surface area (Å²) in [5, 5.41) is 18.9. The first kappa shape index (κ1) is 12.4. The quantitative estimate of drug-likeness (QED) is 0.731. The van der Waals surface area contributed by atoms with E-state index in [1.54, 1.807) is 19.9 Å². The fourth-order valence-corrected chi connectivity index (χ4v) is 1.84. The topological polar surface area (TPSA) is 78.0 Å². The molecular weight excluding hydrogens is 254 g/mol. The molecule has 0 aliphatic heterocycles. The number of nitrogens with one attached hydrogen (secondary N) is 2. The molecule has 2 rings (SSSR count). The number of carbonyl (C=O) groups is 1. The molecule has 94 valence electrons. The summed E-state index contributed by atoms with van der Waals surface area (Å²) in [6.07, 6.45) is 0. The molecule has 0 saturated heterocycles. The lowest BCUT2D eigenvalue weighted by molar-refractivity contribution is 0.102. The zero-order chi connectivity index (χ0) is 13.3. The van der Waals surface area contributed by atoms with Crippen LogP contribution in [0.3, 0.4) is 0 Å². The summed E-state index contributed by atoms with van der Waals surface area (Å²) < 4.78 is 0. The summed E-state index contributed by atoms with van der Waals surface area (Å²) in [6.45, 7) is 3.53. The van der Waals surface area contributed by atoms with Crippen LogP contribution >= 0.6 is 11.6 Å². The van der Waals surface area contributed by atoms with E-state index in [2.05, 4.69) is 15.5 Å². The molecule has 0 spiro atoms. The van der Waals surface area contributed by atoms with Crippen molar-refractivity contribution < 1.29 is 9.90 Å². The Morgan fingerprint density at radius 2 is 2.17 bits per heavy atom. The number of phenolic OH excluding ortho intramolecular Hbond substituents is 1. The van der Waals surface area contributed by atoms with E-state index in [1.165, 1.54) is 12.1 Å². The maximum atomic E-state index is 12.0. The molecule has 0 aliphatic carbocycles. The molecule has 2 aromatic rings. The molecule has 1 aromatic carbocycles. The Hall–Kier alpha value is -2.01. The molecule has 0 unspecified atom stereocenters. The Morgan fingerprint density at radius 1 is 1.44 bits per heavy atom. The van der Waals surface area contributed by atoms with Gasteiger partial charge in [0.05, 0.1) is 16.3 Å². The molecule has 18 heavy (non-hydrogen) atoms. The van der Waals surface area contributed by atoms with E-state index in [9.17, 15) is 9.90 Å². The van der Waals surface area contributed by atoms with Gasteiger partial charge in [-0.2, -0.15) is 5.10 Å². The minimum absolute atomic E-state index is 0.0228. The Labute approximate surface area is 109 Å². The second kappa shape index (κ2) is 4.70. The Bertz CT molecular complexity index is 588. The number of aromatic nitrogens is 2. The first-order valence-corrected chi connectivity index (χ1v) is 5.68. The van der Waals surface area contributed by atoms with E-state index >= 15 is 0 Å². The van der Waals surface area contributed by atoms with Crippen molar-refractivity contribution in [3.8, 4) is 5.75 Å². The summed E-state index contributed by atoms with van der Waals surface area (Å²) >= 11 is 5.76. The first-order valence-electron chi connectivity index (χ1n) is 5.30. The summed E-state index contributed by atoms with van der Waals surface area (Å²) in [5.41, 5.74) is 2.37. The number of anilines is 1. The normalized spacial score (nSPS) is 10.4. The van der Waals surface area contributed by atoms with Gasteiger partial charge in [0.2, 0.25) is 0 Å². The van der Waals surface area contributed by atoms with Crippen LogP contribution < -0.4 is 5.32 Å². The highest BCUT2D eigenvalue weighted by atomic mass is 35.5. The second-order valence-corrected chi connectivity index (χ2v) is 4.34. The molecule has 1 aromatic heterocycles. The number of aryl methyl sites for hydroxylation is 2. The van der Waals surface area contributed by atoms with Crippen molar-refractivity contribution in [3.05, 3.63) is 40.2 Å². The van der Waals surface area contributed by atoms with Gasteiger partial charge in [-0.25, -0.2) is 0 Å². The van der Waals surface area contributed by atoms with Crippen molar-refractivity contribution >= 4 is 23.2 Å². The van der Waals surface area contributed by atoms with Gasteiger partial charge in [-0.3, -0.25) is 9.89 Å². The van der Waals surface area contributed by atoms with E-state index in [4.69, 9.17) is 11.6 Å².